The zero-order chi connectivity index (χ0) is 7.61. The fraction of sp³-hybridized carbons (Fsp3) is 1.00. The van der Waals surface area contributed by atoms with E-state index >= 15 is 0 Å². The molecule has 1 fully saturated rings. The Balaban J connectivity index is 2.36. The normalized spacial score (nSPS) is 39.3. The maximum atomic E-state index is 9.74. The number of aliphatic hydroxyl groups is 1. The standard InChI is InChI=1S/C8H16O2/c1-3-5-8(9)6-10-7(8)4-2/h7,9H,3-6H2,1-2H3. The van der Waals surface area contributed by atoms with Gasteiger partial charge in [0, 0.05) is 0 Å². The van der Waals surface area contributed by atoms with Crippen molar-refractivity contribution in [3.8, 4) is 0 Å². The first-order valence-electron chi connectivity index (χ1n) is 4.07. The van der Waals surface area contributed by atoms with Gasteiger partial charge in [0.15, 0.2) is 0 Å². The van der Waals surface area contributed by atoms with E-state index in [0.29, 0.717) is 6.61 Å². The van der Waals surface area contributed by atoms with Gasteiger partial charge in [0.1, 0.15) is 5.60 Å². The highest BCUT2D eigenvalue weighted by Crippen LogP contribution is 2.31. The van der Waals surface area contributed by atoms with Crippen LogP contribution < -0.4 is 0 Å². The predicted molar refractivity (Wildman–Crippen MR) is 39.9 cm³/mol. The lowest BCUT2D eigenvalue weighted by atomic mass is 9.86. The van der Waals surface area contributed by atoms with Gasteiger partial charge < -0.3 is 9.84 Å². The summed E-state index contributed by atoms with van der Waals surface area (Å²) in [5, 5.41) is 9.74. The summed E-state index contributed by atoms with van der Waals surface area (Å²) in [6.07, 6.45) is 2.95. The summed E-state index contributed by atoms with van der Waals surface area (Å²) in [4.78, 5) is 0. The molecule has 60 valence electrons. The summed E-state index contributed by atoms with van der Waals surface area (Å²) in [5.41, 5.74) is -0.483. The highest BCUT2D eigenvalue weighted by molar-refractivity contribution is 4.93. The average molecular weight is 144 g/mol. The van der Waals surface area contributed by atoms with E-state index in [1.165, 1.54) is 0 Å². The topological polar surface area (TPSA) is 29.5 Å². The van der Waals surface area contributed by atoms with Crippen LogP contribution in [-0.4, -0.2) is 23.4 Å². The van der Waals surface area contributed by atoms with Crippen LogP contribution in [0.3, 0.4) is 0 Å². The molecule has 1 aliphatic rings. The lowest BCUT2D eigenvalue weighted by Crippen LogP contribution is -2.57. The summed E-state index contributed by atoms with van der Waals surface area (Å²) in [6, 6.07) is 0. The molecule has 0 radical (unpaired) electrons. The molecular weight excluding hydrogens is 128 g/mol. The van der Waals surface area contributed by atoms with Crippen LogP contribution in [0.2, 0.25) is 0 Å². The lowest BCUT2D eigenvalue weighted by molar-refractivity contribution is -0.240. The van der Waals surface area contributed by atoms with E-state index in [-0.39, 0.29) is 6.10 Å². The highest BCUT2D eigenvalue weighted by Gasteiger charge is 2.44. The summed E-state index contributed by atoms with van der Waals surface area (Å²) in [6.45, 7) is 4.67. The van der Waals surface area contributed by atoms with Gasteiger partial charge >= 0.3 is 0 Å². The Morgan fingerprint density at radius 2 is 2.30 bits per heavy atom. The molecule has 2 unspecified atom stereocenters. The van der Waals surface area contributed by atoms with Crippen molar-refractivity contribution in [2.75, 3.05) is 6.61 Å². The average Bonchev–Trinajstić information content (AvgIpc) is 1.88. The van der Waals surface area contributed by atoms with E-state index in [1.54, 1.807) is 0 Å². The van der Waals surface area contributed by atoms with Crippen molar-refractivity contribution in [2.24, 2.45) is 0 Å². The number of ether oxygens (including phenoxy) is 1. The quantitative estimate of drug-likeness (QED) is 0.647. The summed E-state index contributed by atoms with van der Waals surface area (Å²) in [5.74, 6) is 0. The molecule has 1 saturated heterocycles. The molecule has 0 amide bonds. The van der Waals surface area contributed by atoms with Crippen LogP contribution in [0.1, 0.15) is 33.1 Å². The van der Waals surface area contributed by atoms with Crippen LogP contribution in [0.15, 0.2) is 0 Å². The molecule has 1 N–H and O–H groups in total. The lowest BCUT2D eigenvalue weighted by Gasteiger charge is -2.44. The molecule has 0 aromatic carbocycles. The number of hydrogen-bond acceptors (Lipinski definition) is 2. The third kappa shape index (κ3) is 1.18. The molecule has 10 heavy (non-hydrogen) atoms. The van der Waals surface area contributed by atoms with E-state index in [1.807, 2.05) is 6.92 Å². The Morgan fingerprint density at radius 1 is 1.60 bits per heavy atom. The fourth-order valence-electron chi connectivity index (χ4n) is 1.56. The second-order valence-electron chi connectivity index (χ2n) is 3.06. The molecule has 0 saturated carbocycles. The SMILES string of the molecule is CCCC1(O)COC1CC. The van der Waals surface area contributed by atoms with Crippen molar-refractivity contribution in [1.29, 1.82) is 0 Å². The molecule has 0 aromatic heterocycles. The van der Waals surface area contributed by atoms with Crippen molar-refractivity contribution >= 4 is 0 Å². The van der Waals surface area contributed by atoms with E-state index in [2.05, 4.69) is 6.92 Å². The summed E-state index contributed by atoms with van der Waals surface area (Å²) >= 11 is 0. The van der Waals surface area contributed by atoms with Crippen molar-refractivity contribution in [2.45, 2.75) is 44.8 Å². The fourth-order valence-corrected chi connectivity index (χ4v) is 1.56. The molecular formula is C8H16O2. The van der Waals surface area contributed by atoms with Crippen LogP contribution >= 0.6 is 0 Å². The molecule has 0 spiro atoms. The Hall–Kier alpha value is -0.0800. The van der Waals surface area contributed by atoms with Crippen LogP contribution in [0, 0.1) is 0 Å². The monoisotopic (exact) mass is 144 g/mol. The minimum Gasteiger partial charge on any atom is -0.385 e. The Kier molecular flexibility index (Phi) is 2.32. The van der Waals surface area contributed by atoms with Crippen LogP contribution in [0.25, 0.3) is 0 Å². The maximum absolute atomic E-state index is 9.74. The molecule has 1 heterocycles. The van der Waals surface area contributed by atoms with Gasteiger partial charge in [-0.25, -0.2) is 0 Å². The van der Waals surface area contributed by atoms with Gasteiger partial charge in [0.2, 0.25) is 0 Å². The molecule has 2 atom stereocenters. The molecule has 1 aliphatic heterocycles. The molecule has 2 nitrogen and oxygen atoms in total. The van der Waals surface area contributed by atoms with Gasteiger partial charge in [-0.1, -0.05) is 20.3 Å². The first-order chi connectivity index (χ1) is 4.73. The second kappa shape index (κ2) is 2.89. The van der Waals surface area contributed by atoms with E-state index in [9.17, 15) is 5.11 Å². The summed E-state index contributed by atoms with van der Waals surface area (Å²) in [7, 11) is 0. The van der Waals surface area contributed by atoms with Crippen molar-refractivity contribution in [3.05, 3.63) is 0 Å². The van der Waals surface area contributed by atoms with Crippen LogP contribution in [0.4, 0.5) is 0 Å². The first-order valence-corrected chi connectivity index (χ1v) is 4.07. The van der Waals surface area contributed by atoms with Crippen molar-refractivity contribution in [1.82, 2.24) is 0 Å². The predicted octanol–water partition coefficient (Wildman–Crippen LogP) is 1.33. The van der Waals surface area contributed by atoms with E-state index in [4.69, 9.17) is 4.74 Å². The number of hydrogen-bond donors (Lipinski definition) is 1. The Labute approximate surface area is 62.2 Å². The third-order valence-corrected chi connectivity index (χ3v) is 2.19. The van der Waals surface area contributed by atoms with Gasteiger partial charge in [-0.05, 0) is 12.8 Å². The highest BCUT2D eigenvalue weighted by atomic mass is 16.6. The maximum Gasteiger partial charge on any atom is 0.114 e. The van der Waals surface area contributed by atoms with Gasteiger partial charge in [-0.2, -0.15) is 0 Å². The minimum absolute atomic E-state index is 0.104. The molecule has 0 bridgehead atoms. The zero-order valence-electron chi connectivity index (χ0n) is 6.76. The first kappa shape index (κ1) is 8.02. The summed E-state index contributed by atoms with van der Waals surface area (Å²) < 4.78 is 5.20. The van der Waals surface area contributed by atoms with E-state index < -0.39 is 5.60 Å². The smallest absolute Gasteiger partial charge is 0.114 e. The third-order valence-electron chi connectivity index (χ3n) is 2.19. The van der Waals surface area contributed by atoms with Crippen molar-refractivity contribution in [3.63, 3.8) is 0 Å². The Bertz CT molecular complexity index is 112. The molecule has 0 aliphatic carbocycles. The van der Waals surface area contributed by atoms with Gasteiger partial charge in [-0.15, -0.1) is 0 Å². The molecule has 0 aromatic rings. The Morgan fingerprint density at radius 3 is 2.60 bits per heavy atom. The van der Waals surface area contributed by atoms with Crippen molar-refractivity contribution < 1.29 is 9.84 Å². The molecule has 1 rings (SSSR count). The largest absolute Gasteiger partial charge is 0.385 e. The van der Waals surface area contributed by atoms with Crippen LogP contribution in [0.5, 0.6) is 0 Å². The van der Waals surface area contributed by atoms with E-state index in [0.717, 1.165) is 19.3 Å². The van der Waals surface area contributed by atoms with Gasteiger partial charge in [0.25, 0.3) is 0 Å². The van der Waals surface area contributed by atoms with Crippen LogP contribution in [-0.2, 0) is 4.74 Å². The minimum atomic E-state index is -0.483. The van der Waals surface area contributed by atoms with Gasteiger partial charge in [0.05, 0.1) is 12.7 Å². The number of rotatable bonds is 3. The van der Waals surface area contributed by atoms with Gasteiger partial charge in [-0.3, -0.25) is 0 Å². The second-order valence-corrected chi connectivity index (χ2v) is 3.06. The molecule has 2 heteroatoms. The zero-order valence-corrected chi connectivity index (χ0v) is 6.76.